The van der Waals surface area contributed by atoms with Crippen molar-refractivity contribution in [3.05, 3.63) is 41.0 Å². The van der Waals surface area contributed by atoms with Crippen LogP contribution in [0.25, 0.3) is 5.65 Å². The average Bonchev–Trinajstić information content (AvgIpc) is 3.32. The molecule has 8 heteroatoms. The Morgan fingerprint density at radius 1 is 1.38 bits per heavy atom. The van der Waals surface area contributed by atoms with E-state index in [2.05, 4.69) is 31.2 Å². The van der Waals surface area contributed by atoms with Gasteiger partial charge in [-0.05, 0) is 47.2 Å². The molecule has 7 nitrogen and oxygen atoms in total. The third-order valence-corrected chi connectivity index (χ3v) is 5.83. The number of carbonyl (C=O) groups is 2. The largest absolute Gasteiger partial charge is 0.347 e. The molecule has 1 aliphatic carbocycles. The topological polar surface area (TPSA) is 79.6 Å². The van der Waals surface area contributed by atoms with E-state index in [0.29, 0.717) is 23.8 Å². The summed E-state index contributed by atoms with van der Waals surface area (Å²) in [5.41, 5.74) is 0.889. The standard InChI is InChI=1S/C18H20BrN5O2/c1-2-3-4-14(25)22-15-11-5-6-12(15)24(10-11)18(26)16-17-21-9-13(19)23(17)8-7-20-16/h3-4,7-9,11-12,15H,2,5-6,10H2,1H3,(H,22,25)/b4-3+/t11-,12-,15-/m1/s1. The van der Waals surface area contributed by atoms with E-state index in [0.717, 1.165) is 23.9 Å². The lowest BCUT2D eigenvalue weighted by Crippen LogP contribution is -2.45. The van der Waals surface area contributed by atoms with Crippen LogP contribution in [0, 0.1) is 5.92 Å². The van der Waals surface area contributed by atoms with E-state index in [1.165, 1.54) is 0 Å². The molecule has 2 fully saturated rings. The smallest absolute Gasteiger partial charge is 0.276 e. The SMILES string of the molecule is CC/C=C/C(=O)N[C@@H]1[C@@H]2CC[C@H]1N(C(=O)c1nccn3c(Br)cnc13)C2. The molecule has 136 valence electrons. The number of allylic oxidation sites excluding steroid dienone is 1. The van der Waals surface area contributed by atoms with Crippen molar-refractivity contribution in [1.29, 1.82) is 0 Å². The molecular formula is C18H20BrN5O2. The Labute approximate surface area is 159 Å². The third kappa shape index (κ3) is 2.82. The van der Waals surface area contributed by atoms with Crippen molar-refractivity contribution in [3.8, 4) is 0 Å². The maximum Gasteiger partial charge on any atom is 0.276 e. The van der Waals surface area contributed by atoms with Gasteiger partial charge < -0.3 is 10.2 Å². The molecule has 0 radical (unpaired) electrons. The van der Waals surface area contributed by atoms with Gasteiger partial charge in [0.1, 0.15) is 4.60 Å². The second kappa shape index (κ2) is 6.83. The van der Waals surface area contributed by atoms with Gasteiger partial charge in [-0.2, -0.15) is 0 Å². The number of rotatable bonds is 4. The Bertz CT molecular complexity index is 893. The van der Waals surface area contributed by atoms with Gasteiger partial charge in [-0.15, -0.1) is 0 Å². The Kier molecular flexibility index (Phi) is 4.52. The number of hydrogen-bond donors (Lipinski definition) is 1. The van der Waals surface area contributed by atoms with Gasteiger partial charge in [0, 0.05) is 18.9 Å². The van der Waals surface area contributed by atoms with Crippen LogP contribution in [0.15, 0.2) is 35.3 Å². The summed E-state index contributed by atoms with van der Waals surface area (Å²) >= 11 is 3.42. The van der Waals surface area contributed by atoms with Crippen molar-refractivity contribution in [3.63, 3.8) is 0 Å². The zero-order chi connectivity index (χ0) is 18.3. The predicted octanol–water partition coefficient (Wildman–Crippen LogP) is 2.18. The molecule has 0 unspecified atom stereocenters. The molecule has 2 aliphatic rings. The van der Waals surface area contributed by atoms with Gasteiger partial charge in [0.25, 0.3) is 5.91 Å². The van der Waals surface area contributed by atoms with Gasteiger partial charge in [0.15, 0.2) is 11.3 Å². The molecule has 2 aromatic heterocycles. The molecule has 4 rings (SSSR count). The quantitative estimate of drug-likeness (QED) is 0.773. The van der Waals surface area contributed by atoms with Crippen LogP contribution in [0.5, 0.6) is 0 Å². The molecular weight excluding hydrogens is 398 g/mol. The Morgan fingerprint density at radius 3 is 3.04 bits per heavy atom. The number of hydrogen-bond acceptors (Lipinski definition) is 4. The summed E-state index contributed by atoms with van der Waals surface area (Å²) in [6.07, 6.45) is 11.2. The minimum Gasteiger partial charge on any atom is -0.347 e. The third-order valence-electron chi connectivity index (χ3n) is 5.25. The van der Waals surface area contributed by atoms with Crippen LogP contribution in [0.2, 0.25) is 0 Å². The van der Waals surface area contributed by atoms with E-state index in [1.54, 1.807) is 29.1 Å². The van der Waals surface area contributed by atoms with Gasteiger partial charge >= 0.3 is 0 Å². The summed E-state index contributed by atoms with van der Waals surface area (Å²) in [5, 5.41) is 3.08. The number of carbonyl (C=O) groups excluding carboxylic acids is 2. The Morgan fingerprint density at radius 2 is 2.23 bits per heavy atom. The van der Waals surface area contributed by atoms with Crippen LogP contribution in [0.1, 0.15) is 36.7 Å². The fraction of sp³-hybridized carbons (Fsp3) is 0.444. The number of nitrogens with one attached hydrogen (secondary N) is 1. The maximum absolute atomic E-state index is 13.1. The molecule has 3 atom stereocenters. The lowest BCUT2D eigenvalue weighted by Gasteiger charge is -2.27. The molecule has 1 saturated heterocycles. The highest BCUT2D eigenvalue weighted by Gasteiger charge is 2.49. The molecule has 1 N–H and O–H groups in total. The zero-order valence-corrected chi connectivity index (χ0v) is 16.0. The summed E-state index contributed by atoms with van der Waals surface area (Å²) in [6.45, 7) is 2.64. The number of halogens is 1. The summed E-state index contributed by atoms with van der Waals surface area (Å²) in [4.78, 5) is 35.6. The second-order valence-electron chi connectivity index (χ2n) is 6.76. The zero-order valence-electron chi connectivity index (χ0n) is 14.4. The van der Waals surface area contributed by atoms with Gasteiger partial charge in [-0.25, -0.2) is 9.97 Å². The number of likely N-dealkylation sites (tertiary alicyclic amines) is 1. The van der Waals surface area contributed by atoms with Crippen LogP contribution in [0.3, 0.4) is 0 Å². The molecule has 2 amide bonds. The number of nitrogens with zero attached hydrogens (tertiary/aromatic N) is 4. The van der Waals surface area contributed by atoms with Crippen LogP contribution in [-0.2, 0) is 4.79 Å². The van der Waals surface area contributed by atoms with Crippen molar-refractivity contribution in [2.45, 2.75) is 38.3 Å². The number of imidazole rings is 1. The number of piperidine rings is 1. The summed E-state index contributed by atoms with van der Waals surface area (Å²) in [6, 6.07) is 0.0334. The van der Waals surface area contributed by atoms with Crippen molar-refractivity contribution in [1.82, 2.24) is 24.6 Å². The number of aromatic nitrogens is 3. The maximum atomic E-state index is 13.1. The minimum atomic E-state index is -0.121. The molecule has 1 saturated carbocycles. The highest BCUT2D eigenvalue weighted by Crippen LogP contribution is 2.38. The molecule has 2 aromatic rings. The van der Waals surface area contributed by atoms with Gasteiger partial charge in [0.2, 0.25) is 5.91 Å². The molecule has 0 spiro atoms. The fourth-order valence-corrected chi connectivity index (χ4v) is 4.45. The van der Waals surface area contributed by atoms with E-state index < -0.39 is 0 Å². The first-order valence-corrected chi connectivity index (χ1v) is 9.65. The summed E-state index contributed by atoms with van der Waals surface area (Å²) < 4.78 is 2.57. The Balaban J connectivity index is 1.56. The lowest BCUT2D eigenvalue weighted by atomic mass is 10.1. The second-order valence-corrected chi connectivity index (χ2v) is 7.57. The van der Waals surface area contributed by atoms with E-state index in [9.17, 15) is 9.59 Å². The van der Waals surface area contributed by atoms with E-state index >= 15 is 0 Å². The number of fused-ring (bicyclic) bond motifs is 3. The molecule has 1 aliphatic heterocycles. The Hall–Kier alpha value is -2.22. The van der Waals surface area contributed by atoms with E-state index in [1.807, 2.05) is 17.9 Å². The first-order valence-electron chi connectivity index (χ1n) is 8.85. The lowest BCUT2D eigenvalue weighted by molar-refractivity contribution is -0.117. The normalized spacial score (nSPS) is 24.7. The first-order chi connectivity index (χ1) is 12.6. The van der Waals surface area contributed by atoms with Crippen LogP contribution in [-0.4, -0.2) is 49.7 Å². The highest BCUT2D eigenvalue weighted by atomic mass is 79.9. The van der Waals surface area contributed by atoms with Gasteiger partial charge in [-0.1, -0.05) is 13.0 Å². The first kappa shape index (κ1) is 17.2. The molecule has 3 heterocycles. The minimum absolute atomic E-state index is 0.0131. The number of amides is 2. The summed E-state index contributed by atoms with van der Waals surface area (Å²) in [5.74, 6) is 0.0962. The van der Waals surface area contributed by atoms with E-state index in [-0.39, 0.29) is 23.9 Å². The van der Waals surface area contributed by atoms with Crippen molar-refractivity contribution in [2.75, 3.05) is 6.54 Å². The van der Waals surface area contributed by atoms with Crippen molar-refractivity contribution >= 4 is 33.4 Å². The highest BCUT2D eigenvalue weighted by molar-refractivity contribution is 9.10. The van der Waals surface area contributed by atoms with Crippen LogP contribution < -0.4 is 5.32 Å². The van der Waals surface area contributed by atoms with Crippen molar-refractivity contribution < 1.29 is 9.59 Å². The molecule has 2 bridgehead atoms. The summed E-state index contributed by atoms with van der Waals surface area (Å²) in [7, 11) is 0. The average molecular weight is 418 g/mol. The molecule has 0 aromatic carbocycles. The molecule has 26 heavy (non-hydrogen) atoms. The predicted molar refractivity (Wildman–Crippen MR) is 99.6 cm³/mol. The van der Waals surface area contributed by atoms with Crippen molar-refractivity contribution in [2.24, 2.45) is 5.92 Å². The van der Waals surface area contributed by atoms with Crippen LogP contribution >= 0.6 is 15.9 Å². The van der Waals surface area contributed by atoms with Gasteiger partial charge in [-0.3, -0.25) is 14.0 Å². The fourth-order valence-electron chi connectivity index (χ4n) is 4.06. The monoisotopic (exact) mass is 417 g/mol. The van der Waals surface area contributed by atoms with E-state index in [4.69, 9.17) is 0 Å². The van der Waals surface area contributed by atoms with Gasteiger partial charge in [0.05, 0.1) is 18.3 Å². The van der Waals surface area contributed by atoms with Crippen LogP contribution in [0.4, 0.5) is 0 Å².